The van der Waals surface area contributed by atoms with Crippen LogP contribution in [-0.2, 0) is 17.8 Å². The number of hydrogen-bond donors (Lipinski definition) is 2. The largest absolute Gasteiger partial charge is 0.481 e. The standard InChI is InChI=1S/C12H16BrN3O2/c13-10-9-2-1-8(12(17)18)6-16(9)11(15-10)7-3-4-14-5-7/h7-8,14H,1-6H2,(H,17,18). The van der Waals surface area contributed by atoms with Crippen molar-refractivity contribution in [1.29, 1.82) is 0 Å². The van der Waals surface area contributed by atoms with Gasteiger partial charge in [-0.2, -0.15) is 0 Å². The summed E-state index contributed by atoms with van der Waals surface area (Å²) in [4.78, 5) is 15.8. The summed E-state index contributed by atoms with van der Waals surface area (Å²) in [7, 11) is 0. The first-order chi connectivity index (χ1) is 8.66. The Morgan fingerprint density at radius 1 is 1.50 bits per heavy atom. The van der Waals surface area contributed by atoms with Crippen molar-refractivity contribution in [3.63, 3.8) is 0 Å². The van der Waals surface area contributed by atoms with E-state index in [2.05, 4.69) is 30.8 Å². The summed E-state index contributed by atoms with van der Waals surface area (Å²) >= 11 is 3.51. The second-order valence-electron chi connectivity index (χ2n) is 5.08. The van der Waals surface area contributed by atoms with E-state index in [1.807, 2.05) is 0 Å². The number of fused-ring (bicyclic) bond motifs is 1. The van der Waals surface area contributed by atoms with Crippen LogP contribution >= 0.6 is 15.9 Å². The average Bonchev–Trinajstić information content (AvgIpc) is 2.97. The molecule has 0 amide bonds. The van der Waals surface area contributed by atoms with Crippen LogP contribution in [0.4, 0.5) is 0 Å². The molecule has 6 heteroatoms. The van der Waals surface area contributed by atoms with E-state index in [-0.39, 0.29) is 5.92 Å². The highest BCUT2D eigenvalue weighted by Crippen LogP contribution is 2.32. The average molecular weight is 314 g/mol. The molecule has 1 aromatic rings. The zero-order valence-corrected chi connectivity index (χ0v) is 11.6. The molecule has 2 N–H and O–H groups in total. The highest BCUT2D eigenvalue weighted by molar-refractivity contribution is 9.10. The van der Waals surface area contributed by atoms with Crippen LogP contribution in [0, 0.1) is 5.92 Å². The van der Waals surface area contributed by atoms with Gasteiger partial charge in [-0.3, -0.25) is 4.79 Å². The fraction of sp³-hybridized carbons (Fsp3) is 0.667. The minimum Gasteiger partial charge on any atom is -0.481 e. The summed E-state index contributed by atoms with van der Waals surface area (Å²) in [6.07, 6.45) is 2.59. The lowest BCUT2D eigenvalue weighted by Crippen LogP contribution is -2.28. The fourth-order valence-corrected chi connectivity index (χ4v) is 3.52. The van der Waals surface area contributed by atoms with Crippen LogP contribution in [0.15, 0.2) is 4.60 Å². The molecule has 2 atom stereocenters. The Balaban J connectivity index is 1.95. The van der Waals surface area contributed by atoms with E-state index < -0.39 is 5.97 Å². The predicted octanol–water partition coefficient (Wildman–Crippen LogP) is 1.37. The third-order valence-electron chi connectivity index (χ3n) is 3.96. The third kappa shape index (κ3) is 1.97. The molecule has 2 unspecified atom stereocenters. The van der Waals surface area contributed by atoms with Crippen LogP contribution in [0.5, 0.6) is 0 Å². The van der Waals surface area contributed by atoms with Crippen molar-refractivity contribution < 1.29 is 9.90 Å². The number of aliphatic carboxylic acids is 1. The molecule has 0 aromatic carbocycles. The van der Waals surface area contributed by atoms with E-state index in [0.717, 1.165) is 42.1 Å². The van der Waals surface area contributed by atoms with Crippen molar-refractivity contribution in [2.45, 2.75) is 31.7 Å². The van der Waals surface area contributed by atoms with Gasteiger partial charge in [-0.15, -0.1) is 0 Å². The lowest BCUT2D eigenvalue weighted by molar-refractivity contribution is -0.142. The Morgan fingerprint density at radius 3 is 3.00 bits per heavy atom. The van der Waals surface area contributed by atoms with E-state index in [1.165, 1.54) is 0 Å². The molecule has 5 nitrogen and oxygen atoms in total. The topological polar surface area (TPSA) is 67.2 Å². The number of carboxylic acid groups (broad SMARTS) is 1. The van der Waals surface area contributed by atoms with E-state index in [1.54, 1.807) is 0 Å². The molecule has 3 rings (SSSR count). The molecule has 3 heterocycles. The molecule has 2 aliphatic rings. The summed E-state index contributed by atoms with van der Waals surface area (Å²) in [5.74, 6) is 0.503. The molecule has 0 radical (unpaired) electrons. The first kappa shape index (κ1) is 12.2. The lowest BCUT2D eigenvalue weighted by atomic mass is 9.97. The van der Waals surface area contributed by atoms with Crippen LogP contribution in [0.2, 0.25) is 0 Å². The van der Waals surface area contributed by atoms with Crippen LogP contribution in [0.25, 0.3) is 0 Å². The Morgan fingerprint density at radius 2 is 2.33 bits per heavy atom. The molecule has 2 aliphatic heterocycles. The van der Waals surface area contributed by atoms with Gasteiger partial charge in [0.25, 0.3) is 0 Å². The number of halogens is 1. The Bertz CT molecular complexity index is 480. The normalized spacial score (nSPS) is 27.2. The van der Waals surface area contributed by atoms with Crippen molar-refractivity contribution in [2.75, 3.05) is 13.1 Å². The van der Waals surface area contributed by atoms with E-state index in [0.29, 0.717) is 18.9 Å². The van der Waals surface area contributed by atoms with Crippen LogP contribution < -0.4 is 5.32 Å². The molecule has 1 aromatic heterocycles. The maximum absolute atomic E-state index is 11.1. The number of carbonyl (C=O) groups is 1. The highest BCUT2D eigenvalue weighted by atomic mass is 79.9. The zero-order chi connectivity index (χ0) is 12.7. The van der Waals surface area contributed by atoms with Gasteiger partial charge >= 0.3 is 5.97 Å². The second-order valence-corrected chi connectivity index (χ2v) is 5.83. The molecule has 0 saturated carbocycles. The summed E-state index contributed by atoms with van der Waals surface area (Å²) in [5.41, 5.74) is 1.16. The monoisotopic (exact) mass is 313 g/mol. The molecular weight excluding hydrogens is 298 g/mol. The van der Waals surface area contributed by atoms with Gasteiger partial charge in [0, 0.05) is 19.0 Å². The van der Waals surface area contributed by atoms with Gasteiger partial charge < -0.3 is 15.0 Å². The van der Waals surface area contributed by atoms with Gasteiger partial charge in [0.2, 0.25) is 0 Å². The van der Waals surface area contributed by atoms with Crippen molar-refractivity contribution in [1.82, 2.24) is 14.9 Å². The Labute approximate surface area is 114 Å². The number of hydrogen-bond acceptors (Lipinski definition) is 3. The number of carboxylic acids is 1. The Kier molecular flexibility index (Phi) is 3.15. The summed E-state index contributed by atoms with van der Waals surface area (Å²) in [5, 5.41) is 12.5. The van der Waals surface area contributed by atoms with Gasteiger partial charge in [-0.05, 0) is 41.7 Å². The Hall–Kier alpha value is -0.880. The molecule has 1 fully saturated rings. The van der Waals surface area contributed by atoms with Crippen LogP contribution in [-0.4, -0.2) is 33.7 Å². The minimum atomic E-state index is -0.694. The molecular formula is C12H16BrN3O2. The summed E-state index contributed by atoms with van der Waals surface area (Å²) in [6, 6.07) is 0. The molecule has 0 aliphatic carbocycles. The highest BCUT2D eigenvalue weighted by Gasteiger charge is 2.31. The van der Waals surface area contributed by atoms with Gasteiger partial charge in [0.15, 0.2) is 0 Å². The van der Waals surface area contributed by atoms with E-state index in [4.69, 9.17) is 5.11 Å². The molecule has 98 valence electrons. The number of nitrogens with zero attached hydrogens (tertiary/aromatic N) is 2. The molecule has 1 saturated heterocycles. The van der Waals surface area contributed by atoms with E-state index >= 15 is 0 Å². The van der Waals surface area contributed by atoms with Crippen molar-refractivity contribution >= 4 is 21.9 Å². The van der Waals surface area contributed by atoms with Gasteiger partial charge in [-0.25, -0.2) is 4.98 Å². The third-order valence-corrected chi connectivity index (χ3v) is 4.60. The van der Waals surface area contributed by atoms with E-state index in [9.17, 15) is 4.79 Å². The quantitative estimate of drug-likeness (QED) is 0.865. The number of rotatable bonds is 2. The first-order valence-corrected chi connectivity index (χ1v) is 7.14. The number of aromatic nitrogens is 2. The molecule has 0 bridgehead atoms. The fourth-order valence-electron chi connectivity index (χ4n) is 2.93. The SMILES string of the molecule is O=C(O)C1CCc2c(Br)nc(C3CCNC3)n2C1. The van der Waals surface area contributed by atoms with Crippen LogP contribution in [0.3, 0.4) is 0 Å². The lowest BCUT2D eigenvalue weighted by Gasteiger charge is -2.24. The van der Waals surface area contributed by atoms with Gasteiger partial charge in [0.05, 0.1) is 11.6 Å². The van der Waals surface area contributed by atoms with Crippen molar-refractivity contribution in [2.24, 2.45) is 5.92 Å². The second kappa shape index (κ2) is 4.66. The van der Waals surface area contributed by atoms with Gasteiger partial charge in [0.1, 0.15) is 10.4 Å². The molecule has 18 heavy (non-hydrogen) atoms. The minimum absolute atomic E-state index is 0.272. The van der Waals surface area contributed by atoms with Crippen LogP contribution in [0.1, 0.15) is 30.3 Å². The number of nitrogens with one attached hydrogen (secondary N) is 1. The maximum atomic E-state index is 11.1. The molecule has 0 spiro atoms. The summed E-state index contributed by atoms with van der Waals surface area (Å²) < 4.78 is 3.03. The van der Waals surface area contributed by atoms with Gasteiger partial charge in [-0.1, -0.05) is 0 Å². The first-order valence-electron chi connectivity index (χ1n) is 6.35. The number of imidazole rings is 1. The zero-order valence-electron chi connectivity index (χ0n) is 10.0. The summed E-state index contributed by atoms with van der Waals surface area (Å²) in [6.45, 7) is 2.53. The predicted molar refractivity (Wildman–Crippen MR) is 69.6 cm³/mol. The van der Waals surface area contributed by atoms with Crippen molar-refractivity contribution in [3.05, 3.63) is 16.1 Å². The smallest absolute Gasteiger partial charge is 0.308 e. The maximum Gasteiger partial charge on any atom is 0.308 e. The van der Waals surface area contributed by atoms with Crippen molar-refractivity contribution in [3.8, 4) is 0 Å².